The number of fused-ring (bicyclic) bond motifs is 1. The predicted molar refractivity (Wildman–Crippen MR) is 107 cm³/mol. The van der Waals surface area contributed by atoms with E-state index in [4.69, 9.17) is 0 Å². The topological polar surface area (TPSA) is 67.2 Å². The highest BCUT2D eigenvalue weighted by molar-refractivity contribution is 5.97. The number of hydrogen-bond acceptors (Lipinski definition) is 3. The van der Waals surface area contributed by atoms with E-state index in [2.05, 4.69) is 16.5 Å². The first-order valence-corrected chi connectivity index (χ1v) is 9.35. The van der Waals surface area contributed by atoms with Crippen molar-refractivity contribution in [1.29, 1.82) is 0 Å². The van der Waals surface area contributed by atoms with Crippen molar-refractivity contribution in [2.24, 2.45) is 0 Å². The Morgan fingerprint density at radius 2 is 1.93 bits per heavy atom. The molecule has 0 saturated carbocycles. The molecular weight excluding hydrogens is 352 g/mol. The van der Waals surface area contributed by atoms with Crippen LogP contribution in [-0.4, -0.2) is 28.1 Å². The summed E-state index contributed by atoms with van der Waals surface area (Å²) in [7, 11) is 0. The maximum Gasteiger partial charge on any atom is 0.251 e. The highest BCUT2D eigenvalue weighted by atomic mass is 16.2. The average Bonchev–Trinajstić information content (AvgIpc) is 3.36. The molecule has 6 heteroatoms. The number of hydrogen-bond donors (Lipinski definition) is 1. The molecule has 28 heavy (non-hydrogen) atoms. The first kappa shape index (κ1) is 18.0. The summed E-state index contributed by atoms with van der Waals surface area (Å²) in [6.07, 6.45) is 4.46. The van der Waals surface area contributed by atoms with Gasteiger partial charge in [0.2, 0.25) is 5.91 Å². The van der Waals surface area contributed by atoms with Gasteiger partial charge in [-0.3, -0.25) is 14.3 Å². The first-order chi connectivity index (χ1) is 13.6. The van der Waals surface area contributed by atoms with E-state index < -0.39 is 0 Å². The van der Waals surface area contributed by atoms with E-state index in [9.17, 15) is 9.59 Å². The Morgan fingerprint density at radius 3 is 2.68 bits per heavy atom. The Morgan fingerprint density at radius 1 is 1.11 bits per heavy atom. The molecule has 1 aromatic heterocycles. The summed E-state index contributed by atoms with van der Waals surface area (Å²) in [5.74, 6) is -0.0808. The number of benzene rings is 2. The normalized spacial score (nSPS) is 12.7. The molecule has 0 unspecified atom stereocenters. The van der Waals surface area contributed by atoms with Gasteiger partial charge in [-0.2, -0.15) is 5.10 Å². The molecule has 142 valence electrons. The van der Waals surface area contributed by atoms with Crippen LogP contribution in [0.3, 0.4) is 0 Å². The summed E-state index contributed by atoms with van der Waals surface area (Å²) in [6, 6.07) is 15.5. The van der Waals surface area contributed by atoms with E-state index in [1.807, 2.05) is 47.3 Å². The number of aromatic nitrogens is 2. The summed E-state index contributed by atoms with van der Waals surface area (Å²) in [5.41, 5.74) is 4.76. The summed E-state index contributed by atoms with van der Waals surface area (Å²) in [6.45, 7) is 3.36. The maximum absolute atomic E-state index is 12.7. The fourth-order valence-electron chi connectivity index (χ4n) is 3.60. The Kier molecular flexibility index (Phi) is 4.93. The maximum atomic E-state index is 12.7. The number of nitrogens with one attached hydrogen (secondary N) is 1. The molecule has 0 fully saturated rings. The quantitative estimate of drug-likeness (QED) is 0.747. The molecule has 1 N–H and O–H groups in total. The lowest BCUT2D eigenvalue weighted by Gasteiger charge is -2.15. The van der Waals surface area contributed by atoms with Gasteiger partial charge in [-0.05, 0) is 47.4 Å². The van der Waals surface area contributed by atoms with Crippen LogP contribution in [0.2, 0.25) is 0 Å². The molecule has 0 atom stereocenters. The standard InChI is InChI=1S/C22H22N4O2/c1-16(27)26-12-9-17-13-18(7-8-21(17)26)22(28)23-14-19-5-2-3-6-20(19)15-25-11-4-10-24-25/h2-8,10-11,13H,9,12,14-15H2,1H3,(H,23,28). The minimum absolute atomic E-state index is 0.0322. The lowest BCUT2D eigenvalue weighted by molar-refractivity contribution is -0.116. The van der Waals surface area contributed by atoms with Crippen molar-refractivity contribution in [3.63, 3.8) is 0 Å². The van der Waals surface area contributed by atoms with Gasteiger partial charge in [0.15, 0.2) is 0 Å². The molecule has 0 saturated heterocycles. The Balaban J connectivity index is 1.45. The van der Waals surface area contributed by atoms with Crippen molar-refractivity contribution in [2.75, 3.05) is 11.4 Å². The minimum atomic E-state index is -0.113. The molecule has 0 radical (unpaired) electrons. The van der Waals surface area contributed by atoms with Crippen LogP contribution in [0.1, 0.15) is 34.0 Å². The molecule has 0 bridgehead atoms. The molecule has 4 rings (SSSR count). The first-order valence-electron chi connectivity index (χ1n) is 9.35. The van der Waals surface area contributed by atoms with Crippen LogP contribution >= 0.6 is 0 Å². The van der Waals surface area contributed by atoms with Gasteiger partial charge in [0.05, 0.1) is 6.54 Å². The van der Waals surface area contributed by atoms with Crippen LogP contribution in [-0.2, 0) is 24.3 Å². The molecule has 2 heterocycles. The number of nitrogens with zero attached hydrogens (tertiary/aromatic N) is 3. The van der Waals surface area contributed by atoms with E-state index >= 15 is 0 Å². The fraction of sp³-hybridized carbons (Fsp3) is 0.227. The molecule has 3 aromatic rings. The summed E-state index contributed by atoms with van der Waals surface area (Å²) in [4.78, 5) is 26.1. The third-order valence-electron chi connectivity index (χ3n) is 5.07. The zero-order chi connectivity index (χ0) is 19.5. The number of anilines is 1. The summed E-state index contributed by atoms with van der Waals surface area (Å²) in [5, 5.41) is 7.26. The van der Waals surface area contributed by atoms with Crippen LogP contribution < -0.4 is 10.2 Å². The van der Waals surface area contributed by atoms with Gasteiger partial charge in [-0.25, -0.2) is 0 Å². The van der Waals surface area contributed by atoms with Gasteiger partial charge >= 0.3 is 0 Å². The van der Waals surface area contributed by atoms with Gasteiger partial charge in [0.25, 0.3) is 5.91 Å². The molecule has 2 aromatic carbocycles. The summed E-state index contributed by atoms with van der Waals surface area (Å²) >= 11 is 0. The average molecular weight is 374 g/mol. The highest BCUT2D eigenvalue weighted by Gasteiger charge is 2.23. The fourth-order valence-corrected chi connectivity index (χ4v) is 3.60. The second kappa shape index (κ2) is 7.68. The predicted octanol–water partition coefficient (Wildman–Crippen LogP) is 2.77. The number of amides is 2. The number of rotatable bonds is 5. The Hall–Kier alpha value is -3.41. The second-order valence-corrected chi connectivity index (χ2v) is 6.92. The lowest BCUT2D eigenvalue weighted by atomic mass is 10.1. The number of carbonyl (C=O) groups is 2. The highest BCUT2D eigenvalue weighted by Crippen LogP contribution is 2.28. The molecular formula is C22H22N4O2. The van der Waals surface area contributed by atoms with Gasteiger partial charge in [0.1, 0.15) is 0 Å². The van der Waals surface area contributed by atoms with E-state index in [0.29, 0.717) is 25.2 Å². The van der Waals surface area contributed by atoms with Crippen molar-refractivity contribution in [2.45, 2.75) is 26.4 Å². The molecule has 1 aliphatic heterocycles. The van der Waals surface area contributed by atoms with Crippen LogP contribution in [0, 0.1) is 0 Å². The van der Waals surface area contributed by atoms with Gasteiger partial charge in [-0.15, -0.1) is 0 Å². The molecule has 2 amide bonds. The zero-order valence-electron chi connectivity index (χ0n) is 15.8. The van der Waals surface area contributed by atoms with Gasteiger partial charge in [-0.1, -0.05) is 24.3 Å². The molecule has 6 nitrogen and oxygen atoms in total. The van der Waals surface area contributed by atoms with E-state index in [1.54, 1.807) is 24.1 Å². The smallest absolute Gasteiger partial charge is 0.251 e. The van der Waals surface area contributed by atoms with Crippen LogP contribution in [0.15, 0.2) is 60.9 Å². The second-order valence-electron chi connectivity index (χ2n) is 6.92. The minimum Gasteiger partial charge on any atom is -0.348 e. The Labute approximate surface area is 163 Å². The molecule has 1 aliphatic rings. The van der Waals surface area contributed by atoms with Crippen molar-refractivity contribution >= 4 is 17.5 Å². The third-order valence-corrected chi connectivity index (χ3v) is 5.07. The van der Waals surface area contributed by atoms with Crippen molar-refractivity contribution < 1.29 is 9.59 Å². The zero-order valence-corrected chi connectivity index (χ0v) is 15.8. The van der Waals surface area contributed by atoms with Gasteiger partial charge in [0, 0.05) is 43.7 Å². The van der Waals surface area contributed by atoms with Gasteiger partial charge < -0.3 is 10.2 Å². The third kappa shape index (κ3) is 3.67. The van der Waals surface area contributed by atoms with Crippen LogP contribution in [0.25, 0.3) is 0 Å². The van der Waals surface area contributed by atoms with Crippen molar-refractivity contribution in [3.8, 4) is 0 Å². The SMILES string of the molecule is CC(=O)N1CCc2cc(C(=O)NCc3ccccc3Cn3cccn3)ccc21. The largest absolute Gasteiger partial charge is 0.348 e. The van der Waals surface area contributed by atoms with E-state index in [-0.39, 0.29) is 11.8 Å². The number of carbonyl (C=O) groups excluding carboxylic acids is 2. The van der Waals surface area contributed by atoms with Crippen molar-refractivity contribution in [1.82, 2.24) is 15.1 Å². The van der Waals surface area contributed by atoms with E-state index in [0.717, 1.165) is 28.8 Å². The van der Waals surface area contributed by atoms with Crippen LogP contribution in [0.4, 0.5) is 5.69 Å². The van der Waals surface area contributed by atoms with Crippen LogP contribution in [0.5, 0.6) is 0 Å². The lowest BCUT2D eigenvalue weighted by Crippen LogP contribution is -2.26. The van der Waals surface area contributed by atoms with E-state index in [1.165, 1.54) is 0 Å². The molecule has 0 aliphatic carbocycles. The van der Waals surface area contributed by atoms with Crippen molar-refractivity contribution in [3.05, 3.63) is 83.2 Å². The summed E-state index contributed by atoms with van der Waals surface area (Å²) < 4.78 is 1.86. The monoisotopic (exact) mass is 374 g/mol. The molecule has 0 spiro atoms. The Bertz CT molecular complexity index is 1010.